The van der Waals surface area contributed by atoms with E-state index in [2.05, 4.69) is 10.6 Å². The molecule has 0 aliphatic heterocycles. The Bertz CT molecular complexity index is 791. The number of thiocarbonyl (C=S) groups is 1. The lowest BCUT2D eigenvalue weighted by molar-refractivity contribution is 0.0526. The minimum atomic E-state index is -0.324. The van der Waals surface area contributed by atoms with E-state index >= 15 is 0 Å². The van der Waals surface area contributed by atoms with E-state index in [0.29, 0.717) is 23.9 Å². The summed E-state index contributed by atoms with van der Waals surface area (Å²) < 4.78 is 10.8. The SMILES string of the molecule is CCOC(=O)c1ccc(NC(=S)N[C@@H](C)COc2ccc(C)cc2)c(C)c1. The third-order valence-corrected chi connectivity index (χ3v) is 4.10. The number of benzene rings is 2. The molecule has 0 amide bonds. The average Bonchev–Trinajstić information content (AvgIpc) is 2.63. The minimum absolute atomic E-state index is 0.0328. The molecule has 5 nitrogen and oxygen atoms in total. The molecule has 0 saturated carbocycles. The highest BCUT2D eigenvalue weighted by Crippen LogP contribution is 2.17. The van der Waals surface area contributed by atoms with E-state index in [1.165, 1.54) is 5.56 Å². The maximum Gasteiger partial charge on any atom is 0.338 e. The highest BCUT2D eigenvalue weighted by Gasteiger charge is 2.10. The fraction of sp³-hybridized carbons (Fsp3) is 0.333. The molecule has 0 saturated heterocycles. The van der Waals surface area contributed by atoms with E-state index in [1.54, 1.807) is 19.1 Å². The summed E-state index contributed by atoms with van der Waals surface area (Å²) in [5, 5.41) is 6.86. The summed E-state index contributed by atoms with van der Waals surface area (Å²) in [4.78, 5) is 11.8. The zero-order valence-electron chi connectivity index (χ0n) is 16.2. The van der Waals surface area contributed by atoms with Gasteiger partial charge in [0.15, 0.2) is 5.11 Å². The van der Waals surface area contributed by atoms with Gasteiger partial charge in [0, 0.05) is 5.69 Å². The number of esters is 1. The summed E-state index contributed by atoms with van der Waals surface area (Å²) >= 11 is 5.38. The molecule has 0 fully saturated rings. The summed E-state index contributed by atoms with van der Waals surface area (Å²) in [7, 11) is 0. The third-order valence-electron chi connectivity index (χ3n) is 3.88. The van der Waals surface area contributed by atoms with Crippen molar-refractivity contribution in [2.24, 2.45) is 0 Å². The van der Waals surface area contributed by atoms with Crippen LogP contribution in [0.2, 0.25) is 0 Å². The summed E-state index contributed by atoms with van der Waals surface area (Å²) in [5.74, 6) is 0.508. The van der Waals surface area contributed by atoms with Gasteiger partial charge in [-0.2, -0.15) is 0 Å². The quantitative estimate of drug-likeness (QED) is 0.548. The predicted molar refractivity (Wildman–Crippen MR) is 113 cm³/mol. The first-order valence-corrected chi connectivity index (χ1v) is 9.34. The van der Waals surface area contributed by atoms with Crippen molar-refractivity contribution in [3.05, 3.63) is 59.2 Å². The second kappa shape index (κ2) is 9.92. The van der Waals surface area contributed by atoms with Crippen LogP contribution in [0.25, 0.3) is 0 Å². The Morgan fingerprint density at radius 3 is 2.48 bits per heavy atom. The first-order valence-electron chi connectivity index (χ1n) is 8.93. The largest absolute Gasteiger partial charge is 0.491 e. The van der Waals surface area contributed by atoms with E-state index in [1.807, 2.05) is 51.1 Å². The van der Waals surface area contributed by atoms with Gasteiger partial charge in [-0.3, -0.25) is 0 Å². The summed E-state index contributed by atoms with van der Waals surface area (Å²) in [6, 6.07) is 13.3. The monoisotopic (exact) mass is 386 g/mol. The topological polar surface area (TPSA) is 59.6 Å². The van der Waals surface area contributed by atoms with Crippen LogP contribution in [0.15, 0.2) is 42.5 Å². The van der Waals surface area contributed by atoms with Crippen molar-refractivity contribution in [2.45, 2.75) is 33.7 Å². The molecule has 0 aliphatic rings. The molecule has 1 atom stereocenters. The van der Waals surface area contributed by atoms with Crippen LogP contribution in [0.4, 0.5) is 5.69 Å². The van der Waals surface area contributed by atoms with Crippen LogP contribution >= 0.6 is 12.2 Å². The summed E-state index contributed by atoms with van der Waals surface area (Å²) in [6.07, 6.45) is 0. The van der Waals surface area contributed by atoms with Crippen molar-refractivity contribution in [2.75, 3.05) is 18.5 Å². The second-order valence-electron chi connectivity index (χ2n) is 6.37. The Labute approximate surface area is 166 Å². The van der Waals surface area contributed by atoms with E-state index in [4.69, 9.17) is 21.7 Å². The molecule has 0 unspecified atom stereocenters. The third kappa shape index (κ3) is 6.57. The fourth-order valence-electron chi connectivity index (χ4n) is 2.42. The molecule has 144 valence electrons. The zero-order chi connectivity index (χ0) is 19.8. The van der Waals surface area contributed by atoms with Gasteiger partial charge in [-0.1, -0.05) is 17.7 Å². The lowest BCUT2D eigenvalue weighted by atomic mass is 10.1. The lowest BCUT2D eigenvalue weighted by Crippen LogP contribution is -2.39. The predicted octanol–water partition coefficient (Wildman–Crippen LogP) is 4.23. The van der Waals surface area contributed by atoms with Gasteiger partial charge >= 0.3 is 5.97 Å². The van der Waals surface area contributed by atoms with Crippen LogP contribution in [-0.4, -0.2) is 30.3 Å². The number of carbonyl (C=O) groups excluding carboxylic acids is 1. The van der Waals surface area contributed by atoms with Crippen LogP contribution in [-0.2, 0) is 4.74 Å². The number of hydrogen-bond donors (Lipinski definition) is 2. The molecule has 0 aliphatic carbocycles. The first kappa shape index (κ1) is 20.7. The molecular formula is C21H26N2O3S. The van der Waals surface area contributed by atoms with Crippen molar-refractivity contribution < 1.29 is 14.3 Å². The van der Waals surface area contributed by atoms with Gasteiger partial charge in [-0.25, -0.2) is 4.79 Å². The molecule has 2 N–H and O–H groups in total. The van der Waals surface area contributed by atoms with Gasteiger partial charge in [-0.05, 0) is 75.8 Å². The molecule has 2 aromatic carbocycles. The maximum atomic E-state index is 11.8. The van der Waals surface area contributed by atoms with Crippen molar-refractivity contribution in [1.82, 2.24) is 5.32 Å². The lowest BCUT2D eigenvalue weighted by Gasteiger charge is -2.18. The van der Waals surface area contributed by atoms with E-state index in [-0.39, 0.29) is 12.0 Å². The van der Waals surface area contributed by atoms with Crippen molar-refractivity contribution in [1.29, 1.82) is 0 Å². The van der Waals surface area contributed by atoms with Gasteiger partial charge in [0.1, 0.15) is 12.4 Å². The Morgan fingerprint density at radius 2 is 1.85 bits per heavy atom. The normalized spacial score (nSPS) is 11.4. The van der Waals surface area contributed by atoms with E-state index in [9.17, 15) is 4.79 Å². The molecule has 0 spiro atoms. The summed E-state index contributed by atoms with van der Waals surface area (Å²) in [6.45, 7) is 8.59. The standard InChI is InChI=1S/C21H26N2O3S/c1-5-25-20(24)17-8-11-19(15(3)12-17)23-21(27)22-16(4)13-26-18-9-6-14(2)7-10-18/h6-12,16H,5,13H2,1-4H3,(H2,22,23,27)/t16-/m0/s1. The van der Waals surface area contributed by atoms with Crippen molar-refractivity contribution in [3.8, 4) is 5.75 Å². The molecule has 0 bridgehead atoms. The van der Waals surface area contributed by atoms with Crippen LogP contribution < -0.4 is 15.4 Å². The van der Waals surface area contributed by atoms with Gasteiger partial charge in [0.05, 0.1) is 18.2 Å². The molecule has 27 heavy (non-hydrogen) atoms. The Kier molecular flexibility index (Phi) is 7.61. The first-order chi connectivity index (χ1) is 12.9. The Balaban J connectivity index is 1.85. The van der Waals surface area contributed by atoms with Crippen molar-refractivity contribution >= 4 is 29.0 Å². The molecule has 0 heterocycles. The molecule has 6 heteroatoms. The van der Waals surface area contributed by atoms with Gasteiger partial charge in [-0.15, -0.1) is 0 Å². The van der Waals surface area contributed by atoms with Crippen LogP contribution in [0.1, 0.15) is 35.3 Å². The fourth-order valence-corrected chi connectivity index (χ4v) is 2.74. The van der Waals surface area contributed by atoms with Crippen LogP contribution in [0.3, 0.4) is 0 Å². The molecule has 0 aromatic heterocycles. The zero-order valence-corrected chi connectivity index (χ0v) is 17.0. The maximum absolute atomic E-state index is 11.8. The molecular weight excluding hydrogens is 360 g/mol. The average molecular weight is 387 g/mol. The Morgan fingerprint density at radius 1 is 1.15 bits per heavy atom. The van der Waals surface area contributed by atoms with Gasteiger partial charge < -0.3 is 20.1 Å². The molecule has 0 radical (unpaired) electrons. The number of hydrogen-bond acceptors (Lipinski definition) is 4. The van der Waals surface area contributed by atoms with E-state index in [0.717, 1.165) is 17.0 Å². The van der Waals surface area contributed by atoms with Gasteiger partial charge in [0.2, 0.25) is 0 Å². The number of rotatable bonds is 7. The molecule has 2 rings (SSSR count). The smallest absolute Gasteiger partial charge is 0.338 e. The van der Waals surface area contributed by atoms with E-state index < -0.39 is 0 Å². The number of ether oxygens (including phenoxy) is 2. The number of nitrogens with one attached hydrogen (secondary N) is 2. The van der Waals surface area contributed by atoms with Gasteiger partial charge in [0.25, 0.3) is 0 Å². The molecule has 2 aromatic rings. The number of carbonyl (C=O) groups is 1. The number of aryl methyl sites for hydroxylation is 2. The second-order valence-corrected chi connectivity index (χ2v) is 6.78. The minimum Gasteiger partial charge on any atom is -0.491 e. The Hall–Kier alpha value is -2.60. The van der Waals surface area contributed by atoms with Crippen LogP contribution in [0.5, 0.6) is 5.75 Å². The summed E-state index contributed by atoms with van der Waals surface area (Å²) in [5.41, 5.74) is 3.47. The highest BCUT2D eigenvalue weighted by molar-refractivity contribution is 7.80. The van der Waals surface area contributed by atoms with Crippen molar-refractivity contribution in [3.63, 3.8) is 0 Å². The number of anilines is 1. The van der Waals surface area contributed by atoms with Crippen LogP contribution in [0, 0.1) is 13.8 Å². The highest BCUT2D eigenvalue weighted by atomic mass is 32.1.